The molecule has 2 aromatic carbocycles. The molecule has 1 heterocycles. The lowest BCUT2D eigenvalue weighted by Crippen LogP contribution is -2.20. The van der Waals surface area contributed by atoms with Gasteiger partial charge in [0.05, 0.1) is 26.8 Å². The average molecular weight is 430 g/mol. The van der Waals surface area contributed by atoms with Crippen LogP contribution < -0.4 is 24.4 Å². The number of halogens is 1. The fourth-order valence-corrected chi connectivity index (χ4v) is 3.72. The van der Waals surface area contributed by atoms with E-state index in [0.717, 1.165) is 45.8 Å². The highest BCUT2D eigenvalue weighted by Gasteiger charge is 2.19. The molecule has 0 spiro atoms. The van der Waals surface area contributed by atoms with Crippen LogP contribution >= 0.6 is 11.6 Å². The molecule has 30 heavy (non-hydrogen) atoms. The number of pyridine rings is 1. The van der Waals surface area contributed by atoms with Gasteiger partial charge in [-0.1, -0.05) is 29.8 Å². The van der Waals surface area contributed by atoms with Gasteiger partial charge in [0.15, 0.2) is 11.5 Å². The van der Waals surface area contributed by atoms with Crippen molar-refractivity contribution in [2.24, 2.45) is 0 Å². The van der Waals surface area contributed by atoms with E-state index in [-0.39, 0.29) is 0 Å². The molecular formula is C23H28ClN3O3. The second-order valence-corrected chi connectivity index (χ2v) is 7.50. The molecule has 1 aromatic heterocycles. The highest BCUT2D eigenvalue weighted by molar-refractivity contribution is 6.31. The quantitative estimate of drug-likeness (QED) is 0.511. The van der Waals surface area contributed by atoms with Crippen molar-refractivity contribution in [3.63, 3.8) is 0 Å². The van der Waals surface area contributed by atoms with E-state index >= 15 is 0 Å². The predicted molar refractivity (Wildman–Crippen MR) is 123 cm³/mol. The van der Waals surface area contributed by atoms with Crippen molar-refractivity contribution in [2.75, 3.05) is 46.9 Å². The van der Waals surface area contributed by atoms with Gasteiger partial charge in [-0.15, -0.1) is 0 Å². The molecule has 0 unspecified atom stereocenters. The van der Waals surface area contributed by atoms with E-state index in [0.29, 0.717) is 23.8 Å². The molecule has 1 N–H and O–H groups in total. The molecule has 0 aliphatic rings. The SMILES string of the molecule is COc1cc2nc(N(C)C)c(CNCCc3ccccc3Cl)cc2c(OC)c1OC. The minimum absolute atomic E-state index is 0.560. The maximum atomic E-state index is 6.26. The van der Waals surface area contributed by atoms with Crippen molar-refractivity contribution in [3.05, 3.63) is 52.5 Å². The zero-order valence-corrected chi connectivity index (χ0v) is 18.8. The zero-order chi connectivity index (χ0) is 21.7. The lowest BCUT2D eigenvalue weighted by Gasteiger charge is -2.20. The van der Waals surface area contributed by atoms with E-state index in [4.69, 9.17) is 30.8 Å². The molecule has 0 bridgehead atoms. The summed E-state index contributed by atoms with van der Waals surface area (Å²) in [6, 6.07) is 11.9. The number of ether oxygens (including phenoxy) is 3. The first-order valence-electron chi connectivity index (χ1n) is 9.74. The summed E-state index contributed by atoms with van der Waals surface area (Å²) in [4.78, 5) is 6.88. The van der Waals surface area contributed by atoms with E-state index in [2.05, 4.69) is 17.4 Å². The zero-order valence-electron chi connectivity index (χ0n) is 18.1. The lowest BCUT2D eigenvalue weighted by molar-refractivity contribution is 0.327. The van der Waals surface area contributed by atoms with Gasteiger partial charge in [0.1, 0.15) is 5.82 Å². The fraction of sp³-hybridized carbons (Fsp3) is 0.348. The van der Waals surface area contributed by atoms with Crippen molar-refractivity contribution in [1.82, 2.24) is 10.3 Å². The van der Waals surface area contributed by atoms with E-state index in [1.54, 1.807) is 21.3 Å². The van der Waals surface area contributed by atoms with Crippen molar-refractivity contribution >= 4 is 28.3 Å². The van der Waals surface area contributed by atoms with Crippen LogP contribution in [0.25, 0.3) is 10.9 Å². The summed E-state index contributed by atoms with van der Waals surface area (Å²) in [5, 5.41) is 5.18. The third-order valence-electron chi connectivity index (χ3n) is 4.95. The smallest absolute Gasteiger partial charge is 0.204 e. The van der Waals surface area contributed by atoms with Gasteiger partial charge in [-0.25, -0.2) is 4.98 Å². The van der Waals surface area contributed by atoms with Crippen molar-refractivity contribution in [2.45, 2.75) is 13.0 Å². The molecule has 0 fully saturated rings. The summed E-state index contributed by atoms with van der Waals surface area (Å²) in [6.45, 7) is 1.47. The summed E-state index contributed by atoms with van der Waals surface area (Å²) in [6.07, 6.45) is 0.853. The van der Waals surface area contributed by atoms with E-state index in [1.807, 2.05) is 43.3 Å². The molecular weight excluding hydrogens is 402 g/mol. The Hall–Kier alpha value is -2.70. The molecule has 6 nitrogen and oxygen atoms in total. The number of hydrogen-bond acceptors (Lipinski definition) is 6. The first-order chi connectivity index (χ1) is 14.5. The summed E-state index contributed by atoms with van der Waals surface area (Å²) in [5.74, 6) is 2.65. The molecule has 3 aromatic rings. The summed E-state index contributed by atoms with van der Waals surface area (Å²) in [7, 11) is 8.80. The molecule has 0 saturated carbocycles. The monoisotopic (exact) mass is 429 g/mol. The van der Waals surface area contributed by atoms with Gasteiger partial charge in [-0.05, 0) is 30.7 Å². The average Bonchev–Trinajstić information content (AvgIpc) is 2.75. The van der Waals surface area contributed by atoms with Crippen LogP contribution in [0.1, 0.15) is 11.1 Å². The maximum Gasteiger partial charge on any atom is 0.204 e. The van der Waals surface area contributed by atoms with Crippen molar-refractivity contribution in [3.8, 4) is 17.2 Å². The molecule has 0 radical (unpaired) electrons. The van der Waals surface area contributed by atoms with Crippen LogP contribution in [0.5, 0.6) is 17.2 Å². The molecule has 0 amide bonds. The number of hydrogen-bond donors (Lipinski definition) is 1. The summed E-state index contributed by atoms with van der Waals surface area (Å²) < 4.78 is 16.6. The van der Waals surface area contributed by atoms with E-state index in [1.165, 1.54) is 0 Å². The minimum Gasteiger partial charge on any atom is -0.493 e. The predicted octanol–water partition coefficient (Wildman–Crippen LogP) is 4.31. The van der Waals surface area contributed by atoms with E-state index in [9.17, 15) is 0 Å². The van der Waals surface area contributed by atoms with Crippen molar-refractivity contribution in [1.29, 1.82) is 0 Å². The number of anilines is 1. The topological polar surface area (TPSA) is 55.9 Å². The number of nitrogens with one attached hydrogen (secondary N) is 1. The largest absolute Gasteiger partial charge is 0.493 e. The number of rotatable bonds is 9. The highest BCUT2D eigenvalue weighted by Crippen LogP contribution is 2.43. The number of fused-ring (bicyclic) bond motifs is 1. The van der Waals surface area contributed by atoms with Crippen molar-refractivity contribution < 1.29 is 14.2 Å². The third-order valence-corrected chi connectivity index (χ3v) is 5.32. The van der Waals surface area contributed by atoms with Gasteiger partial charge in [-0.3, -0.25) is 0 Å². The Kier molecular flexibility index (Phi) is 7.24. The van der Waals surface area contributed by atoms with Gasteiger partial charge in [0.25, 0.3) is 0 Å². The third kappa shape index (κ3) is 4.55. The Morgan fingerprint density at radius 3 is 2.33 bits per heavy atom. The first-order valence-corrected chi connectivity index (χ1v) is 10.1. The number of aromatic nitrogens is 1. The van der Waals surface area contributed by atoms with Gasteiger partial charge in [0, 0.05) is 42.7 Å². The Morgan fingerprint density at radius 2 is 1.70 bits per heavy atom. The van der Waals surface area contributed by atoms with Crippen LogP contribution in [0.2, 0.25) is 5.02 Å². The highest BCUT2D eigenvalue weighted by atomic mass is 35.5. The van der Waals surface area contributed by atoms with Gasteiger partial charge < -0.3 is 24.4 Å². The van der Waals surface area contributed by atoms with Crippen LogP contribution in [-0.2, 0) is 13.0 Å². The molecule has 3 rings (SSSR count). The molecule has 0 atom stereocenters. The number of nitrogens with zero attached hydrogens (tertiary/aromatic N) is 2. The first kappa shape index (κ1) is 22.0. The normalized spacial score (nSPS) is 10.9. The number of benzene rings is 2. The molecule has 0 aliphatic heterocycles. The Morgan fingerprint density at radius 1 is 0.967 bits per heavy atom. The minimum atomic E-state index is 0.560. The summed E-state index contributed by atoms with van der Waals surface area (Å²) in [5.41, 5.74) is 2.99. The number of methoxy groups -OCH3 is 3. The Labute approximate surface area is 182 Å². The Bertz CT molecular complexity index is 1020. The van der Waals surface area contributed by atoms with Crippen LogP contribution in [0.4, 0.5) is 5.82 Å². The maximum absolute atomic E-state index is 6.26. The Balaban J connectivity index is 1.90. The van der Waals surface area contributed by atoms with Crippen LogP contribution in [0.3, 0.4) is 0 Å². The van der Waals surface area contributed by atoms with Gasteiger partial charge in [-0.2, -0.15) is 0 Å². The lowest BCUT2D eigenvalue weighted by atomic mass is 10.1. The second kappa shape index (κ2) is 9.87. The molecule has 7 heteroatoms. The fourth-order valence-electron chi connectivity index (χ4n) is 3.49. The molecule has 0 aliphatic carbocycles. The molecule has 0 saturated heterocycles. The van der Waals surface area contributed by atoms with Gasteiger partial charge >= 0.3 is 0 Å². The summed E-state index contributed by atoms with van der Waals surface area (Å²) >= 11 is 6.26. The van der Waals surface area contributed by atoms with E-state index < -0.39 is 0 Å². The van der Waals surface area contributed by atoms with Crippen LogP contribution in [0, 0.1) is 0 Å². The second-order valence-electron chi connectivity index (χ2n) is 7.10. The molecule has 160 valence electrons. The standard InChI is InChI=1S/C23H28ClN3O3/c1-27(2)23-16(14-25-11-10-15-8-6-7-9-18(15)24)12-17-19(26-23)13-20(28-3)22(30-5)21(17)29-4/h6-9,12-13,25H,10-11,14H2,1-5H3. The van der Waals surface area contributed by atoms with Crippen LogP contribution in [0.15, 0.2) is 36.4 Å². The van der Waals surface area contributed by atoms with Gasteiger partial charge in [0.2, 0.25) is 5.75 Å². The van der Waals surface area contributed by atoms with Crippen LogP contribution in [-0.4, -0.2) is 47.0 Å².